The van der Waals surface area contributed by atoms with Crippen LogP contribution in [0.15, 0.2) is 47.3 Å². The summed E-state index contributed by atoms with van der Waals surface area (Å²) in [5, 5.41) is 3.37. The maximum atomic E-state index is 5.03. The molecule has 0 spiro atoms. The van der Waals surface area contributed by atoms with E-state index < -0.39 is 0 Å². The fourth-order valence-electron chi connectivity index (χ4n) is 1.69. The van der Waals surface area contributed by atoms with Gasteiger partial charge in [0.2, 0.25) is 0 Å². The molecule has 1 aromatic heterocycles. The predicted molar refractivity (Wildman–Crippen MR) is 71.2 cm³/mol. The molecule has 17 heavy (non-hydrogen) atoms. The van der Waals surface area contributed by atoms with E-state index in [1.165, 1.54) is 5.56 Å². The van der Waals surface area contributed by atoms with Gasteiger partial charge in [0.1, 0.15) is 0 Å². The molecule has 90 valence electrons. The maximum Gasteiger partial charge on any atom is 0.0952 e. The van der Waals surface area contributed by atoms with Gasteiger partial charge in [-0.3, -0.25) is 0 Å². The molecular formula is C15H19NO. The molecule has 1 heterocycles. The van der Waals surface area contributed by atoms with Crippen LogP contribution in [0.2, 0.25) is 0 Å². The average molecular weight is 229 g/mol. The zero-order chi connectivity index (χ0) is 12.3. The zero-order valence-corrected chi connectivity index (χ0v) is 10.7. The van der Waals surface area contributed by atoms with Crippen molar-refractivity contribution in [2.24, 2.45) is 0 Å². The summed E-state index contributed by atoms with van der Waals surface area (Å²) in [6, 6.07) is 10.6. The molecule has 2 nitrogen and oxygen atoms in total. The van der Waals surface area contributed by atoms with Crippen molar-refractivity contribution in [2.45, 2.75) is 32.7 Å². The molecule has 0 amide bonds. The first-order chi connectivity index (χ1) is 8.05. The Morgan fingerprint density at radius 1 is 1.06 bits per heavy atom. The molecule has 2 rings (SSSR count). The normalized spacial score (nSPS) is 11.5. The number of hydrogen-bond acceptors (Lipinski definition) is 2. The van der Waals surface area contributed by atoms with Gasteiger partial charge in [-0.05, 0) is 29.2 Å². The maximum absolute atomic E-state index is 5.03. The Labute approximate surface area is 103 Å². The van der Waals surface area contributed by atoms with Crippen LogP contribution in [0.5, 0.6) is 0 Å². The molecule has 0 aliphatic carbocycles. The number of rotatable bonds is 3. The minimum absolute atomic E-state index is 0.211. The van der Waals surface area contributed by atoms with Crippen LogP contribution in [0, 0.1) is 0 Å². The van der Waals surface area contributed by atoms with Crippen LogP contribution in [0.25, 0.3) is 0 Å². The topological polar surface area (TPSA) is 25.2 Å². The summed E-state index contributed by atoms with van der Waals surface area (Å²) < 4.78 is 5.03. The van der Waals surface area contributed by atoms with Gasteiger partial charge in [0, 0.05) is 17.8 Å². The van der Waals surface area contributed by atoms with E-state index in [2.05, 4.69) is 50.4 Å². The van der Waals surface area contributed by atoms with Gasteiger partial charge in [-0.15, -0.1) is 0 Å². The molecule has 0 saturated heterocycles. The van der Waals surface area contributed by atoms with Gasteiger partial charge in [0.15, 0.2) is 0 Å². The van der Waals surface area contributed by atoms with Crippen LogP contribution in [0.1, 0.15) is 31.9 Å². The molecule has 2 heteroatoms. The Kier molecular flexibility index (Phi) is 3.23. The fraction of sp³-hybridized carbons (Fsp3) is 0.333. The minimum Gasteiger partial charge on any atom is -0.472 e. The van der Waals surface area contributed by atoms with E-state index in [-0.39, 0.29) is 5.41 Å². The van der Waals surface area contributed by atoms with Gasteiger partial charge in [-0.2, -0.15) is 0 Å². The average Bonchev–Trinajstić information content (AvgIpc) is 2.78. The highest BCUT2D eigenvalue weighted by Gasteiger charge is 2.12. The Morgan fingerprint density at radius 3 is 2.29 bits per heavy atom. The standard InChI is InChI=1S/C15H19NO/c1-15(2,3)13-4-6-14(7-5-13)16-10-12-8-9-17-11-12/h4-9,11,16H,10H2,1-3H3. The molecular weight excluding hydrogens is 210 g/mol. The molecule has 2 aromatic rings. The van der Waals surface area contributed by atoms with Crippen LogP contribution in [0.3, 0.4) is 0 Å². The molecule has 0 aliphatic heterocycles. The van der Waals surface area contributed by atoms with Gasteiger partial charge in [-0.25, -0.2) is 0 Å². The zero-order valence-electron chi connectivity index (χ0n) is 10.7. The largest absolute Gasteiger partial charge is 0.472 e. The van der Waals surface area contributed by atoms with Crippen LogP contribution in [-0.2, 0) is 12.0 Å². The summed E-state index contributed by atoms with van der Waals surface area (Å²) in [5.41, 5.74) is 3.86. The Hall–Kier alpha value is -1.70. The highest BCUT2D eigenvalue weighted by atomic mass is 16.3. The van der Waals surface area contributed by atoms with Gasteiger partial charge in [-0.1, -0.05) is 32.9 Å². The summed E-state index contributed by atoms with van der Waals surface area (Å²) in [6.07, 6.45) is 3.45. The molecule has 0 fully saturated rings. The van der Waals surface area contributed by atoms with Gasteiger partial charge < -0.3 is 9.73 Å². The molecule has 0 atom stereocenters. The van der Waals surface area contributed by atoms with E-state index in [1.54, 1.807) is 12.5 Å². The first-order valence-corrected chi connectivity index (χ1v) is 5.91. The number of furan rings is 1. The number of nitrogens with one attached hydrogen (secondary N) is 1. The summed E-state index contributed by atoms with van der Waals surface area (Å²) in [7, 11) is 0. The monoisotopic (exact) mass is 229 g/mol. The van der Waals surface area contributed by atoms with Crippen LogP contribution >= 0.6 is 0 Å². The first-order valence-electron chi connectivity index (χ1n) is 5.91. The quantitative estimate of drug-likeness (QED) is 0.853. The molecule has 0 aliphatic rings. The molecule has 1 aromatic carbocycles. The van der Waals surface area contributed by atoms with E-state index in [9.17, 15) is 0 Å². The fourth-order valence-corrected chi connectivity index (χ4v) is 1.69. The molecule has 0 bridgehead atoms. The van der Waals surface area contributed by atoms with Crippen LogP contribution in [-0.4, -0.2) is 0 Å². The first kappa shape index (κ1) is 11.8. The van der Waals surface area contributed by atoms with Gasteiger partial charge >= 0.3 is 0 Å². The third-order valence-electron chi connectivity index (χ3n) is 2.83. The lowest BCUT2D eigenvalue weighted by Crippen LogP contribution is -2.10. The highest BCUT2D eigenvalue weighted by Crippen LogP contribution is 2.23. The lowest BCUT2D eigenvalue weighted by molar-refractivity contribution is 0.564. The summed E-state index contributed by atoms with van der Waals surface area (Å²) in [6.45, 7) is 7.47. The summed E-state index contributed by atoms with van der Waals surface area (Å²) in [5.74, 6) is 0. The Balaban J connectivity index is 1.99. The molecule has 1 N–H and O–H groups in total. The van der Waals surface area contributed by atoms with E-state index in [4.69, 9.17) is 4.42 Å². The highest BCUT2D eigenvalue weighted by molar-refractivity contribution is 5.46. The van der Waals surface area contributed by atoms with Crippen molar-refractivity contribution >= 4 is 5.69 Å². The second kappa shape index (κ2) is 4.66. The predicted octanol–water partition coefficient (Wildman–Crippen LogP) is 4.19. The number of anilines is 1. The van der Waals surface area contributed by atoms with Crippen molar-refractivity contribution in [1.82, 2.24) is 0 Å². The number of hydrogen-bond donors (Lipinski definition) is 1. The van der Waals surface area contributed by atoms with Gasteiger partial charge in [0.25, 0.3) is 0 Å². The van der Waals surface area contributed by atoms with E-state index in [0.717, 1.165) is 17.8 Å². The number of benzene rings is 1. The third-order valence-corrected chi connectivity index (χ3v) is 2.83. The SMILES string of the molecule is CC(C)(C)c1ccc(NCc2ccoc2)cc1. The van der Waals surface area contributed by atoms with Crippen molar-refractivity contribution in [2.75, 3.05) is 5.32 Å². The van der Waals surface area contributed by atoms with Crippen molar-refractivity contribution in [3.05, 3.63) is 54.0 Å². The lowest BCUT2D eigenvalue weighted by atomic mass is 9.87. The second-order valence-electron chi connectivity index (χ2n) is 5.31. The van der Waals surface area contributed by atoms with E-state index in [0.29, 0.717) is 0 Å². The van der Waals surface area contributed by atoms with E-state index in [1.807, 2.05) is 6.07 Å². The lowest BCUT2D eigenvalue weighted by Gasteiger charge is -2.19. The van der Waals surface area contributed by atoms with Crippen molar-refractivity contribution in [3.63, 3.8) is 0 Å². The minimum atomic E-state index is 0.211. The van der Waals surface area contributed by atoms with Crippen molar-refractivity contribution in [1.29, 1.82) is 0 Å². The van der Waals surface area contributed by atoms with Gasteiger partial charge in [0.05, 0.1) is 12.5 Å². The third kappa shape index (κ3) is 3.13. The molecule has 0 unspecified atom stereocenters. The summed E-state index contributed by atoms with van der Waals surface area (Å²) >= 11 is 0. The summed E-state index contributed by atoms with van der Waals surface area (Å²) in [4.78, 5) is 0. The van der Waals surface area contributed by atoms with Crippen molar-refractivity contribution < 1.29 is 4.42 Å². The van der Waals surface area contributed by atoms with E-state index >= 15 is 0 Å². The Bertz CT molecular complexity index is 449. The van der Waals surface area contributed by atoms with Crippen molar-refractivity contribution in [3.8, 4) is 0 Å². The van der Waals surface area contributed by atoms with Crippen LogP contribution < -0.4 is 5.32 Å². The second-order valence-corrected chi connectivity index (χ2v) is 5.31. The Morgan fingerprint density at radius 2 is 1.76 bits per heavy atom. The molecule has 0 saturated carbocycles. The molecule has 0 radical (unpaired) electrons. The smallest absolute Gasteiger partial charge is 0.0952 e. The van der Waals surface area contributed by atoms with Crippen LogP contribution in [0.4, 0.5) is 5.69 Å².